The molecule has 4 nitrogen and oxygen atoms in total. The topological polar surface area (TPSA) is 57.6 Å². The predicted molar refractivity (Wildman–Crippen MR) is 96.8 cm³/mol. The summed E-state index contributed by atoms with van der Waals surface area (Å²) >= 11 is 0. The van der Waals surface area contributed by atoms with Crippen molar-refractivity contribution in [3.63, 3.8) is 0 Å². The van der Waals surface area contributed by atoms with Gasteiger partial charge in [-0.3, -0.25) is 9.59 Å². The summed E-state index contributed by atoms with van der Waals surface area (Å²) in [6.45, 7) is 5.84. The van der Waals surface area contributed by atoms with Gasteiger partial charge in [0.15, 0.2) is 0 Å². The number of carbonyl (C=O) groups excluding carboxylic acids is 2. The highest BCUT2D eigenvalue weighted by Gasteiger charge is 2.45. The zero-order valence-corrected chi connectivity index (χ0v) is 14.0. The lowest BCUT2D eigenvalue weighted by Gasteiger charge is -2.24. The summed E-state index contributed by atoms with van der Waals surface area (Å²) in [4.78, 5) is 26.5. The lowest BCUT2D eigenvalue weighted by Crippen LogP contribution is -2.29. The monoisotopic (exact) mass is 333 g/mol. The predicted octanol–water partition coefficient (Wildman–Crippen LogP) is 3.60. The van der Waals surface area contributed by atoms with Crippen molar-refractivity contribution in [1.82, 2.24) is 4.90 Å². The first-order valence-electron chi connectivity index (χ1n) is 8.06. The van der Waals surface area contributed by atoms with Crippen molar-refractivity contribution in [2.45, 2.75) is 13.0 Å². The van der Waals surface area contributed by atoms with Crippen molar-refractivity contribution in [1.29, 1.82) is 0 Å². The Balaban J connectivity index is 2.19. The molecule has 126 valence electrons. The first kappa shape index (κ1) is 16.7. The molecule has 1 aliphatic heterocycles. The maximum Gasteiger partial charge on any atom is 0.295 e. The number of rotatable bonds is 4. The van der Waals surface area contributed by atoms with E-state index < -0.39 is 17.7 Å². The van der Waals surface area contributed by atoms with Crippen LogP contribution in [0.5, 0.6) is 0 Å². The van der Waals surface area contributed by atoms with E-state index >= 15 is 0 Å². The van der Waals surface area contributed by atoms with Crippen LogP contribution in [-0.2, 0) is 9.59 Å². The average Bonchev–Trinajstić information content (AvgIpc) is 2.88. The fourth-order valence-corrected chi connectivity index (χ4v) is 3.06. The van der Waals surface area contributed by atoms with Crippen molar-refractivity contribution in [3.8, 4) is 0 Å². The summed E-state index contributed by atoms with van der Waals surface area (Å²) < 4.78 is 0. The Morgan fingerprint density at radius 2 is 1.76 bits per heavy atom. The SMILES string of the molecule is C=CCN1C(=O)C(=O)C(=C(O)c2ccc(C)cc2)C1c1ccccc1. The van der Waals surface area contributed by atoms with Crippen LogP contribution in [0.2, 0.25) is 0 Å². The van der Waals surface area contributed by atoms with Crippen LogP contribution in [0.4, 0.5) is 0 Å². The van der Waals surface area contributed by atoms with E-state index in [-0.39, 0.29) is 17.9 Å². The van der Waals surface area contributed by atoms with Crippen LogP contribution in [0.1, 0.15) is 22.7 Å². The van der Waals surface area contributed by atoms with Gasteiger partial charge < -0.3 is 10.0 Å². The third-order valence-corrected chi connectivity index (χ3v) is 4.31. The van der Waals surface area contributed by atoms with Crippen molar-refractivity contribution in [3.05, 3.63) is 89.5 Å². The number of hydrogen-bond donors (Lipinski definition) is 1. The molecule has 1 aliphatic rings. The highest BCUT2D eigenvalue weighted by molar-refractivity contribution is 6.46. The molecule has 1 atom stereocenters. The Kier molecular flexibility index (Phi) is 4.52. The first-order chi connectivity index (χ1) is 12.0. The Labute approximate surface area is 146 Å². The number of benzene rings is 2. The van der Waals surface area contributed by atoms with E-state index in [0.717, 1.165) is 11.1 Å². The van der Waals surface area contributed by atoms with Crippen molar-refractivity contribution < 1.29 is 14.7 Å². The first-order valence-corrected chi connectivity index (χ1v) is 8.06. The second-order valence-corrected chi connectivity index (χ2v) is 6.02. The van der Waals surface area contributed by atoms with Crippen LogP contribution in [0.15, 0.2) is 72.8 Å². The van der Waals surface area contributed by atoms with Crippen molar-refractivity contribution >= 4 is 17.4 Å². The molecule has 1 N–H and O–H groups in total. The smallest absolute Gasteiger partial charge is 0.295 e. The molecule has 25 heavy (non-hydrogen) atoms. The van der Waals surface area contributed by atoms with Crippen molar-refractivity contribution in [2.75, 3.05) is 6.54 Å². The molecule has 1 heterocycles. The lowest BCUT2D eigenvalue weighted by molar-refractivity contribution is -0.139. The van der Waals surface area contributed by atoms with Gasteiger partial charge in [-0.15, -0.1) is 6.58 Å². The number of aryl methyl sites for hydroxylation is 1. The molecule has 1 fully saturated rings. The molecule has 0 saturated carbocycles. The van der Waals surface area contributed by atoms with Crippen LogP contribution < -0.4 is 0 Å². The minimum atomic E-state index is -0.672. The van der Waals surface area contributed by atoms with Crippen LogP contribution in [0, 0.1) is 6.92 Å². The van der Waals surface area contributed by atoms with Gasteiger partial charge in [-0.1, -0.05) is 66.2 Å². The van der Waals surface area contributed by atoms with Gasteiger partial charge in [0.2, 0.25) is 0 Å². The zero-order chi connectivity index (χ0) is 18.0. The molecule has 2 aromatic carbocycles. The fraction of sp³-hybridized carbons (Fsp3) is 0.143. The Morgan fingerprint density at radius 1 is 1.12 bits per heavy atom. The molecule has 1 unspecified atom stereocenters. The molecule has 1 saturated heterocycles. The van der Waals surface area contributed by atoms with Crippen LogP contribution in [-0.4, -0.2) is 28.2 Å². The van der Waals surface area contributed by atoms with Gasteiger partial charge in [-0.2, -0.15) is 0 Å². The number of likely N-dealkylation sites (tertiary alicyclic amines) is 1. The summed E-state index contributed by atoms with van der Waals surface area (Å²) in [5, 5.41) is 10.8. The highest BCUT2D eigenvalue weighted by Crippen LogP contribution is 2.39. The third-order valence-electron chi connectivity index (χ3n) is 4.31. The molecule has 4 heteroatoms. The number of Topliss-reactive ketones (excluding diaryl/α,β-unsaturated/α-hetero) is 1. The normalized spacial score (nSPS) is 19.2. The Morgan fingerprint density at radius 3 is 2.36 bits per heavy atom. The standard InChI is InChI=1S/C21H19NO3/c1-3-13-22-18(15-7-5-4-6-8-15)17(20(24)21(22)25)19(23)16-11-9-14(2)10-12-16/h3-12,18,23H,1,13H2,2H3. The number of ketones is 1. The van der Waals surface area contributed by atoms with Gasteiger partial charge in [0.1, 0.15) is 5.76 Å². The molecular weight excluding hydrogens is 314 g/mol. The minimum absolute atomic E-state index is 0.113. The molecule has 0 radical (unpaired) electrons. The van der Waals surface area contributed by atoms with E-state index in [0.29, 0.717) is 5.56 Å². The molecular formula is C21H19NO3. The van der Waals surface area contributed by atoms with E-state index in [2.05, 4.69) is 6.58 Å². The summed E-state index contributed by atoms with van der Waals surface area (Å²) in [5.74, 6) is -1.45. The Hall–Kier alpha value is -3.14. The third kappa shape index (κ3) is 2.98. The summed E-state index contributed by atoms with van der Waals surface area (Å²) in [5.41, 5.74) is 2.45. The largest absolute Gasteiger partial charge is 0.507 e. The maximum atomic E-state index is 12.6. The number of amides is 1. The summed E-state index contributed by atoms with van der Waals surface area (Å²) in [6, 6.07) is 15.8. The number of carbonyl (C=O) groups is 2. The molecule has 0 spiro atoms. The zero-order valence-electron chi connectivity index (χ0n) is 14.0. The number of nitrogens with zero attached hydrogens (tertiary/aromatic N) is 1. The summed E-state index contributed by atoms with van der Waals surface area (Å²) in [7, 11) is 0. The fourth-order valence-electron chi connectivity index (χ4n) is 3.06. The van der Waals surface area contributed by atoms with Crippen LogP contribution >= 0.6 is 0 Å². The molecule has 1 amide bonds. The van der Waals surface area contributed by atoms with Crippen LogP contribution in [0.3, 0.4) is 0 Å². The van der Waals surface area contributed by atoms with E-state index in [1.807, 2.05) is 49.4 Å². The van der Waals surface area contributed by atoms with Gasteiger partial charge >= 0.3 is 0 Å². The van der Waals surface area contributed by atoms with E-state index in [1.54, 1.807) is 18.2 Å². The van der Waals surface area contributed by atoms with Gasteiger partial charge in [0.05, 0.1) is 11.6 Å². The maximum absolute atomic E-state index is 12.6. The van der Waals surface area contributed by atoms with Gasteiger partial charge in [-0.05, 0) is 12.5 Å². The molecule has 3 rings (SSSR count). The van der Waals surface area contributed by atoms with Gasteiger partial charge in [-0.25, -0.2) is 0 Å². The van der Waals surface area contributed by atoms with Crippen molar-refractivity contribution in [2.24, 2.45) is 0 Å². The molecule has 0 bridgehead atoms. The quantitative estimate of drug-likeness (QED) is 0.402. The number of aliphatic hydroxyl groups excluding tert-OH is 1. The van der Waals surface area contributed by atoms with Gasteiger partial charge in [0, 0.05) is 12.1 Å². The van der Waals surface area contributed by atoms with E-state index in [1.165, 1.54) is 4.90 Å². The highest BCUT2D eigenvalue weighted by atomic mass is 16.3. The molecule has 2 aromatic rings. The molecule has 0 aliphatic carbocycles. The minimum Gasteiger partial charge on any atom is -0.507 e. The molecule has 0 aromatic heterocycles. The average molecular weight is 333 g/mol. The second kappa shape index (κ2) is 6.77. The number of aliphatic hydroxyl groups is 1. The van der Waals surface area contributed by atoms with Gasteiger partial charge in [0.25, 0.3) is 11.7 Å². The second-order valence-electron chi connectivity index (χ2n) is 6.02. The van der Waals surface area contributed by atoms with Crippen LogP contribution in [0.25, 0.3) is 5.76 Å². The lowest BCUT2D eigenvalue weighted by atomic mass is 9.95. The van der Waals surface area contributed by atoms with E-state index in [9.17, 15) is 14.7 Å². The van der Waals surface area contributed by atoms with E-state index in [4.69, 9.17) is 0 Å². The Bertz CT molecular complexity index is 850. The summed E-state index contributed by atoms with van der Waals surface area (Å²) in [6.07, 6.45) is 1.58. The number of hydrogen-bond acceptors (Lipinski definition) is 3.